The fraction of sp³-hybridized carbons (Fsp3) is 1.00. The number of nitrogens with zero attached hydrogens (tertiary/aromatic N) is 1. The molecule has 2 fully saturated rings. The molecule has 88 valence electrons. The molecule has 2 rings (SSSR count). The average Bonchev–Trinajstić information content (AvgIpc) is 2.83. The highest BCUT2D eigenvalue weighted by Gasteiger charge is 2.41. The first-order valence-electron chi connectivity index (χ1n) is 6.29. The lowest BCUT2D eigenvalue weighted by atomic mass is 9.79. The molecule has 1 aliphatic heterocycles. The van der Waals surface area contributed by atoms with Crippen LogP contribution in [0.25, 0.3) is 0 Å². The Labute approximate surface area is 93.0 Å². The number of nitrogens with two attached hydrogens (primary N) is 1. The van der Waals surface area contributed by atoms with Crippen molar-refractivity contribution in [2.45, 2.75) is 50.2 Å². The number of methoxy groups -OCH3 is 1. The van der Waals surface area contributed by atoms with Gasteiger partial charge >= 0.3 is 0 Å². The van der Waals surface area contributed by atoms with Gasteiger partial charge in [-0.2, -0.15) is 0 Å². The van der Waals surface area contributed by atoms with Gasteiger partial charge in [0.2, 0.25) is 0 Å². The molecule has 2 atom stereocenters. The second-order valence-electron chi connectivity index (χ2n) is 5.08. The van der Waals surface area contributed by atoms with Gasteiger partial charge in [0.25, 0.3) is 0 Å². The Morgan fingerprint density at radius 2 is 2.07 bits per heavy atom. The predicted octanol–water partition coefficient (Wildman–Crippen LogP) is 1.37. The van der Waals surface area contributed by atoms with E-state index in [4.69, 9.17) is 10.5 Å². The van der Waals surface area contributed by atoms with Gasteiger partial charge in [0.05, 0.1) is 6.10 Å². The minimum Gasteiger partial charge on any atom is -0.381 e. The highest BCUT2D eigenvalue weighted by atomic mass is 16.5. The molecular formula is C12H24N2O. The number of rotatable bonds is 3. The van der Waals surface area contributed by atoms with Crippen molar-refractivity contribution in [1.82, 2.24) is 4.90 Å². The Morgan fingerprint density at radius 3 is 2.67 bits per heavy atom. The predicted molar refractivity (Wildman–Crippen MR) is 61.9 cm³/mol. The van der Waals surface area contributed by atoms with Crippen molar-refractivity contribution in [2.24, 2.45) is 5.73 Å². The molecule has 0 radical (unpaired) electrons. The summed E-state index contributed by atoms with van der Waals surface area (Å²) in [6, 6.07) is 0. The zero-order chi connectivity index (χ0) is 10.7. The molecule has 1 saturated carbocycles. The van der Waals surface area contributed by atoms with Crippen LogP contribution in [0.4, 0.5) is 0 Å². The van der Waals surface area contributed by atoms with E-state index in [1.165, 1.54) is 45.2 Å². The van der Waals surface area contributed by atoms with Crippen LogP contribution < -0.4 is 5.73 Å². The van der Waals surface area contributed by atoms with E-state index >= 15 is 0 Å². The maximum atomic E-state index is 6.04. The van der Waals surface area contributed by atoms with Crippen LogP contribution >= 0.6 is 0 Å². The molecule has 15 heavy (non-hydrogen) atoms. The van der Waals surface area contributed by atoms with Crippen LogP contribution in [0.3, 0.4) is 0 Å². The first kappa shape index (κ1) is 11.4. The lowest BCUT2D eigenvalue weighted by molar-refractivity contribution is -0.0128. The Bertz CT molecular complexity index is 204. The van der Waals surface area contributed by atoms with Gasteiger partial charge in [0.1, 0.15) is 0 Å². The quantitative estimate of drug-likeness (QED) is 0.768. The van der Waals surface area contributed by atoms with Crippen molar-refractivity contribution in [3.05, 3.63) is 0 Å². The van der Waals surface area contributed by atoms with E-state index < -0.39 is 0 Å². The fourth-order valence-electron chi connectivity index (χ4n) is 3.28. The van der Waals surface area contributed by atoms with Crippen molar-refractivity contribution >= 4 is 0 Å². The molecule has 2 aliphatic rings. The highest BCUT2D eigenvalue weighted by molar-refractivity contribution is 4.98. The summed E-state index contributed by atoms with van der Waals surface area (Å²) in [5, 5.41) is 0. The molecule has 0 bridgehead atoms. The van der Waals surface area contributed by atoms with Crippen LogP contribution in [0.1, 0.15) is 38.5 Å². The second kappa shape index (κ2) is 4.81. The standard InChI is InChI=1S/C12H24N2O/c1-15-11-5-4-6-12(9-11,10-13)14-7-2-3-8-14/h11H,2-10,13H2,1H3. The maximum absolute atomic E-state index is 6.04. The van der Waals surface area contributed by atoms with E-state index in [1.807, 2.05) is 7.11 Å². The molecule has 1 aliphatic carbocycles. The van der Waals surface area contributed by atoms with E-state index in [0.29, 0.717) is 6.10 Å². The number of likely N-dealkylation sites (tertiary alicyclic amines) is 1. The smallest absolute Gasteiger partial charge is 0.0589 e. The summed E-state index contributed by atoms with van der Waals surface area (Å²) in [4.78, 5) is 2.62. The minimum atomic E-state index is 0.259. The summed E-state index contributed by atoms with van der Waals surface area (Å²) in [5.74, 6) is 0. The van der Waals surface area contributed by atoms with E-state index in [2.05, 4.69) is 4.90 Å². The van der Waals surface area contributed by atoms with Gasteiger partial charge in [-0.3, -0.25) is 4.90 Å². The van der Waals surface area contributed by atoms with Gasteiger partial charge in [-0.05, 0) is 51.6 Å². The largest absolute Gasteiger partial charge is 0.381 e. The SMILES string of the molecule is COC1CCCC(CN)(N2CCCC2)C1. The Balaban J connectivity index is 2.05. The average molecular weight is 212 g/mol. The lowest BCUT2D eigenvalue weighted by Crippen LogP contribution is -2.56. The Hall–Kier alpha value is -0.120. The molecule has 3 heteroatoms. The van der Waals surface area contributed by atoms with Crippen LogP contribution in [0.2, 0.25) is 0 Å². The summed E-state index contributed by atoms with van der Waals surface area (Å²) in [6.07, 6.45) is 8.02. The molecule has 0 amide bonds. The van der Waals surface area contributed by atoms with Gasteiger partial charge in [0, 0.05) is 19.2 Å². The van der Waals surface area contributed by atoms with Gasteiger partial charge < -0.3 is 10.5 Å². The van der Waals surface area contributed by atoms with Crippen molar-refractivity contribution in [1.29, 1.82) is 0 Å². The summed E-state index contributed by atoms with van der Waals surface area (Å²) in [5.41, 5.74) is 6.30. The normalized spacial score (nSPS) is 38.4. The van der Waals surface area contributed by atoms with E-state index in [0.717, 1.165) is 13.0 Å². The molecule has 2 unspecified atom stereocenters. The van der Waals surface area contributed by atoms with E-state index in [-0.39, 0.29) is 5.54 Å². The summed E-state index contributed by atoms with van der Waals surface area (Å²) in [7, 11) is 1.83. The lowest BCUT2D eigenvalue weighted by Gasteiger charge is -2.46. The second-order valence-corrected chi connectivity index (χ2v) is 5.08. The zero-order valence-electron chi connectivity index (χ0n) is 9.87. The monoisotopic (exact) mass is 212 g/mol. The van der Waals surface area contributed by atoms with Gasteiger partial charge in [0.15, 0.2) is 0 Å². The summed E-state index contributed by atoms with van der Waals surface area (Å²) >= 11 is 0. The Morgan fingerprint density at radius 1 is 1.33 bits per heavy atom. The highest BCUT2D eigenvalue weighted by Crippen LogP contribution is 2.36. The summed E-state index contributed by atoms with van der Waals surface area (Å²) < 4.78 is 5.53. The molecule has 1 saturated heterocycles. The Kier molecular flexibility index (Phi) is 3.65. The van der Waals surface area contributed by atoms with E-state index in [9.17, 15) is 0 Å². The topological polar surface area (TPSA) is 38.5 Å². The van der Waals surface area contributed by atoms with Crippen molar-refractivity contribution in [3.8, 4) is 0 Å². The van der Waals surface area contributed by atoms with Crippen molar-refractivity contribution in [3.63, 3.8) is 0 Å². The van der Waals surface area contributed by atoms with Crippen LogP contribution in [-0.2, 0) is 4.74 Å². The third-order valence-corrected chi connectivity index (χ3v) is 4.27. The molecule has 0 spiro atoms. The molecule has 2 N–H and O–H groups in total. The third kappa shape index (κ3) is 2.19. The van der Waals surface area contributed by atoms with Gasteiger partial charge in [-0.1, -0.05) is 0 Å². The molecular weight excluding hydrogens is 188 g/mol. The van der Waals surface area contributed by atoms with Crippen LogP contribution in [0.5, 0.6) is 0 Å². The molecule has 0 aromatic heterocycles. The van der Waals surface area contributed by atoms with Gasteiger partial charge in [-0.15, -0.1) is 0 Å². The van der Waals surface area contributed by atoms with Crippen LogP contribution in [0, 0.1) is 0 Å². The first-order chi connectivity index (χ1) is 7.30. The molecule has 0 aromatic carbocycles. The van der Waals surface area contributed by atoms with Crippen molar-refractivity contribution < 1.29 is 4.74 Å². The van der Waals surface area contributed by atoms with Crippen LogP contribution in [0.15, 0.2) is 0 Å². The summed E-state index contributed by atoms with van der Waals surface area (Å²) in [6.45, 7) is 3.29. The zero-order valence-corrected chi connectivity index (χ0v) is 9.87. The fourth-order valence-corrected chi connectivity index (χ4v) is 3.28. The van der Waals surface area contributed by atoms with Crippen LogP contribution in [-0.4, -0.2) is 43.3 Å². The van der Waals surface area contributed by atoms with E-state index in [1.54, 1.807) is 0 Å². The first-order valence-corrected chi connectivity index (χ1v) is 6.29. The van der Waals surface area contributed by atoms with Crippen molar-refractivity contribution in [2.75, 3.05) is 26.7 Å². The minimum absolute atomic E-state index is 0.259. The maximum Gasteiger partial charge on any atom is 0.0589 e. The number of hydrogen-bond acceptors (Lipinski definition) is 3. The van der Waals surface area contributed by atoms with Gasteiger partial charge in [-0.25, -0.2) is 0 Å². The molecule has 1 heterocycles. The third-order valence-electron chi connectivity index (χ3n) is 4.27. The molecule has 0 aromatic rings. The number of ether oxygens (including phenoxy) is 1. The number of hydrogen-bond donors (Lipinski definition) is 1. The molecule has 3 nitrogen and oxygen atoms in total.